The van der Waals surface area contributed by atoms with Gasteiger partial charge in [-0.3, -0.25) is 9.89 Å². The fourth-order valence-electron chi connectivity index (χ4n) is 1.64. The van der Waals surface area contributed by atoms with Crippen LogP contribution < -0.4 is 5.32 Å². The molecule has 0 bridgehead atoms. The van der Waals surface area contributed by atoms with Crippen LogP contribution in [0.1, 0.15) is 31.5 Å². The minimum atomic E-state index is -0.913. The van der Waals surface area contributed by atoms with Crippen molar-refractivity contribution in [1.82, 2.24) is 20.4 Å². The van der Waals surface area contributed by atoms with Crippen LogP contribution in [0.5, 0.6) is 0 Å². The molecule has 1 aromatic rings. The molecule has 0 spiro atoms. The van der Waals surface area contributed by atoms with E-state index in [0.29, 0.717) is 6.54 Å². The summed E-state index contributed by atoms with van der Waals surface area (Å²) >= 11 is 0. The van der Waals surface area contributed by atoms with E-state index in [2.05, 4.69) is 15.5 Å². The van der Waals surface area contributed by atoms with Crippen LogP contribution in [0.3, 0.4) is 0 Å². The van der Waals surface area contributed by atoms with Gasteiger partial charge in [0.25, 0.3) is 0 Å². The number of carboxylic acid groups (broad SMARTS) is 1. The van der Waals surface area contributed by atoms with Crippen molar-refractivity contribution in [2.24, 2.45) is 0 Å². The maximum absolute atomic E-state index is 12.0. The lowest BCUT2D eigenvalue weighted by atomic mass is 10.2. The molecular weight excluding hydrogens is 248 g/mol. The number of carboxylic acids is 1. The lowest BCUT2D eigenvalue weighted by Gasteiger charge is -2.26. The summed E-state index contributed by atoms with van der Waals surface area (Å²) in [6.45, 7) is 6.15. The van der Waals surface area contributed by atoms with Crippen LogP contribution in [0.4, 0.5) is 4.79 Å². The number of rotatable bonds is 6. The number of nitrogens with one attached hydrogen (secondary N) is 2. The number of nitrogens with zero attached hydrogens (tertiary/aromatic N) is 2. The van der Waals surface area contributed by atoms with Crippen molar-refractivity contribution in [2.75, 3.05) is 6.54 Å². The van der Waals surface area contributed by atoms with Gasteiger partial charge in [-0.2, -0.15) is 5.10 Å². The third-order valence-corrected chi connectivity index (χ3v) is 2.82. The maximum Gasteiger partial charge on any atom is 0.317 e. The number of urea groups is 1. The third kappa shape index (κ3) is 4.61. The first-order chi connectivity index (χ1) is 8.91. The Kier molecular flexibility index (Phi) is 5.35. The number of amides is 2. The summed E-state index contributed by atoms with van der Waals surface area (Å²) in [6, 6.07) is -0.318. The zero-order valence-electron chi connectivity index (χ0n) is 11.4. The highest BCUT2D eigenvalue weighted by atomic mass is 16.4. The highest BCUT2D eigenvalue weighted by molar-refractivity contribution is 5.75. The molecule has 0 aromatic carbocycles. The Morgan fingerprint density at radius 3 is 2.68 bits per heavy atom. The molecule has 0 aliphatic heterocycles. The minimum absolute atomic E-state index is 0.0511. The third-order valence-electron chi connectivity index (χ3n) is 2.82. The molecule has 106 valence electrons. The number of hydrogen-bond acceptors (Lipinski definition) is 3. The van der Waals surface area contributed by atoms with Crippen LogP contribution in [0.15, 0.2) is 6.20 Å². The summed E-state index contributed by atoms with van der Waals surface area (Å²) < 4.78 is 0. The molecule has 0 atom stereocenters. The summed E-state index contributed by atoms with van der Waals surface area (Å²) in [5.41, 5.74) is 1.82. The monoisotopic (exact) mass is 268 g/mol. The predicted octanol–water partition coefficient (Wildman–Crippen LogP) is 1.11. The molecule has 3 N–H and O–H groups in total. The number of carbonyl (C=O) groups is 2. The van der Waals surface area contributed by atoms with Crippen LogP contribution in [0.2, 0.25) is 0 Å². The van der Waals surface area contributed by atoms with Gasteiger partial charge >= 0.3 is 12.0 Å². The number of H-pyrrole nitrogens is 1. The van der Waals surface area contributed by atoms with Gasteiger partial charge in [-0.25, -0.2) is 4.79 Å². The Labute approximate surface area is 112 Å². The molecule has 7 heteroatoms. The second-order valence-corrected chi connectivity index (χ2v) is 4.61. The van der Waals surface area contributed by atoms with E-state index in [4.69, 9.17) is 5.11 Å². The van der Waals surface area contributed by atoms with Gasteiger partial charge < -0.3 is 15.3 Å². The largest absolute Gasteiger partial charge is 0.481 e. The zero-order valence-corrected chi connectivity index (χ0v) is 11.4. The van der Waals surface area contributed by atoms with E-state index in [-0.39, 0.29) is 25.0 Å². The second kappa shape index (κ2) is 6.77. The highest BCUT2D eigenvalue weighted by Gasteiger charge is 2.17. The average Bonchev–Trinajstić information content (AvgIpc) is 2.71. The van der Waals surface area contributed by atoms with Crippen LogP contribution in [0.25, 0.3) is 0 Å². The van der Waals surface area contributed by atoms with Crippen molar-refractivity contribution in [3.8, 4) is 0 Å². The van der Waals surface area contributed by atoms with Crippen LogP contribution in [-0.4, -0.2) is 44.8 Å². The summed E-state index contributed by atoms with van der Waals surface area (Å²) in [5.74, 6) is -0.913. The number of hydrogen-bond donors (Lipinski definition) is 3. The summed E-state index contributed by atoms with van der Waals surface area (Å²) in [4.78, 5) is 24.1. The van der Waals surface area contributed by atoms with Gasteiger partial charge in [0, 0.05) is 30.4 Å². The number of aryl methyl sites for hydroxylation is 1. The predicted molar refractivity (Wildman–Crippen MR) is 69.7 cm³/mol. The molecule has 1 heterocycles. The van der Waals surface area contributed by atoms with Crippen molar-refractivity contribution in [2.45, 2.75) is 39.8 Å². The molecule has 0 fully saturated rings. The average molecular weight is 268 g/mol. The summed E-state index contributed by atoms with van der Waals surface area (Å²) in [6.07, 6.45) is 1.60. The fraction of sp³-hybridized carbons (Fsp3) is 0.583. The van der Waals surface area contributed by atoms with Crippen molar-refractivity contribution in [3.63, 3.8) is 0 Å². The molecule has 7 nitrogen and oxygen atoms in total. The van der Waals surface area contributed by atoms with E-state index in [1.807, 2.05) is 20.8 Å². The zero-order chi connectivity index (χ0) is 14.4. The van der Waals surface area contributed by atoms with Gasteiger partial charge in [-0.05, 0) is 20.8 Å². The van der Waals surface area contributed by atoms with Crippen LogP contribution in [-0.2, 0) is 11.3 Å². The van der Waals surface area contributed by atoms with Crippen LogP contribution in [0, 0.1) is 6.92 Å². The SMILES string of the molecule is Cc1[nH]ncc1CNC(=O)N(CCC(=O)O)C(C)C. The molecule has 2 amide bonds. The second-order valence-electron chi connectivity index (χ2n) is 4.61. The summed E-state index contributed by atoms with van der Waals surface area (Å²) in [7, 11) is 0. The fourth-order valence-corrected chi connectivity index (χ4v) is 1.64. The normalized spacial score (nSPS) is 10.5. The number of carbonyl (C=O) groups excluding carboxylic acids is 1. The van der Waals surface area contributed by atoms with Gasteiger partial charge in [0.2, 0.25) is 0 Å². The highest BCUT2D eigenvalue weighted by Crippen LogP contribution is 2.04. The Hall–Kier alpha value is -2.05. The molecule has 0 unspecified atom stereocenters. The van der Waals surface area contributed by atoms with Gasteiger partial charge in [-0.1, -0.05) is 0 Å². The van der Waals surface area contributed by atoms with Crippen molar-refractivity contribution in [1.29, 1.82) is 0 Å². The van der Waals surface area contributed by atoms with E-state index >= 15 is 0 Å². The van der Waals surface area contributed by atoms with Gasteiger partial charge in [-0.15, -0.1) is 0 Å². The van der Waals surface area contributed by atoms with Crippen LogP contribution >= 0.6 is 0 Å². The Morgan fingerprint density at radius 2 is 2.21 bits per heavy atom. The quantitative estimate of drug-likeness (QED) is 0.719. The molecule has 0 saturated carbocycles. The first-order valence-corrected chi connectivity index (χ1v) is 6.17. The molecule has 19 heavy (non-hydrogen) atoms. The van der Waals surface area contributed by atoms with E-state index in [1.54, 1.807) is 6.20 Å². The smallest absolute Gasteiger partial charge is 0.317 e. The Balaban J connectivity index is 2.52. The van der Waals surface area contributed by atoms with E-state index in [1.165, 1.54) is 4.90 Å². The Morgan fingerprint density at radius 1 is 1.53 bits per heavy atom. The minimum Gasteiger partial charge on any atom is -0.481 e. The molecule has 1 rings (SSSR count). The van der Waals surface area contributed by atoms with E-state index in [0.717, 1.165) is 11.3 Å². The van der Waals surface area contributed by atoms with Crippen molar-refractivity contribution in [3.05, 3.63) is 17.5 Å². The van der Waals surface area contributed by atoms with Gasteiger partial charge in [0.15, 0.2) is 0 Å². The number of aromatic amines is 1. The molecule has 0 aliphatic rings. The van der Waals surface area contributed by atoms with E-state index < -0.39 is 5.97 Å². The molecule has 0 saturated heterocycles. The topological polar surface area (TPSA) is 98.3 Å². The lowest BCUT2D eigenvalue weighted by molar-refractivity contribution is -0.137. The molecule has 1 aromatic heterocycles. The lowest BCUT2D eigenvalue weighted by Crippen LogP contribution is -2.44. The molecule has 0 radical (unpaired) electrons. The maximum atomic E-state index is 12.0. The number of aliphatic carboxylic acids is 1. The standard InChI is InChI=1S/C12H20N4O3/c1-8(2)16(5-4-11(17)18)12(19)13-6-10-7-14-15-9(10)3/h7-8H,4-6H2,1-3H3,(H,13,19)(H,14,15)(H,17,18). The van der Waals surface area contributed by atoms with Gasteiger partial charge in [0.1, 0.15) is 0 Å². The van der Waals surface area contributed by atoms with Crippen molar-refractivity contribution >= 4 is 12.0 Å². The number of aromatic nitrogens is 2. The first kappa shape index (κ1) is 15.0. The van der Waals surface area contributed by atoms with Gasteiger partial charge in [0.05, 0.1) is 12.6 Å². The van der Waals surface area contributed by atoms with Crippen molar-refractivity contribution < 1.29 is 14.7 Å². The Bertz CT molecular complexity index is 442. The first-order valence-electron chi connectivity index (χ1n) is 6.17. The molecule has 0 aliphatic carbocycles. The molecular formula is C12H20N4O3. The summed E-state index contributed by atoms with van der Waals surface area (Å²) in [5, 5.41) is 18.1. The van der Waals surface area contributed by atoms with E-state index in [9.17, 15) is 9.59 Å².